The number of carbonyl (C=O) groups is 2. The van der Waals surface area contributed by atoms with Crippen molar-refractivity contribution in [3.05, 3.63) is 0 Å². The number of rotatable bonds is 4. The van der Waals surface area contributed by atoms with E-state index >= 15 is 0 Å². The minimum absolute atomic E-state index is 0.0525. The Hall–Kier alpha value is -0.910. The SMILES string of the molecule is CC[C@H](C)[C@H](NC(=O)O)C(=O)NS. The summed E-state index contributed by atoms with van der Waals surface area (Å²) in [5.41, 5.74) is 0. The highest BCUT2D eigenvalue weighted by molar-refractivity contribution is 7.78. The molecule has 6 heteroatoms. The van der Waals surface area contributed by atoms with Gasteiger partial charge in [-0.1, -0.05) is 33.1 Å². The van der Waals surface area contributed by atoms with Gasteiger partial charge in [0, 0.05) is 0 Å². The van der Waals surface area contributed by atoms with E-state index in [4.69, 9.17) is 5.11 Å². The van der Waals surface area contributed by atoms with Crippen LogP contribution in [0.2, 0.25) is 0 Å². The van der Waals surface area contributed by atoms with Crippen molar-refractivity contribution in [3.8, 4) is 0 Å². The minimum Gasteiger partial charge on any atom is -0.465 e. The molecular formula is C7H14N2O3S. The number of thiol groups is 1. The fraction of sp³-hybridized carbons (Fsp3) is 0.714. The van der Waals surface area contributed by atoms with Crippen LogP contribution in [0.4, 0.5) is 4.79 Å². The van der Waals surface area contributed by atoms with E-state index in [1.807, 2.05) is 6.92 Å². The van der Waals surface area contributed by atoms with Gasteiger partial charge in [0.2, 0.25) is 0 Å². The molecular weight excluding hydrogens is 192 g/mol. The molecule has 0 radical (unpaired) electrons. The largest absolute Gasteiger partial charge is 0.465 e. The molecule has 0 aromatic heterocycles. The summed E-state index contributed by atoms with van der Waals surface area (Å²) in [6.45, 7) is 3.68. The Kier molecular flexibility index (Phi) is 5.29. The second-order valence-electron chi connectivity index (χ2n) is 2.79. The quantitative estimate of drug-likeness (QED) is 0.509. The van der Waals surface area contributed by atoms with Crippen molar-refractivity contribution in [2.75, 3.05) is 0 Å². The van der Waals surface area contributed by atoms with E-state index in [1.165, 1.54) is 0 Å². The first-order valence-electron chi connectivity index (χ1n) is 3.96. The zero-order valence-electron chi connectivity index (χ0n) is 7.57. The van der Waals surface area contributed by atoms with Crippen molar-refractivity contribution >= 4 is 24.8 Å². The van der Waals surface area contributed by atoms with Crippen molar-refractivity contribution in [1.82, 2.24) is 10.0 Å². The average molecular weight is 206 g/mol. The van der Waals surface area contributed by atoms with Gasteiger partial charge in [-0.15, -0.1) is 0 Å². The molecule has 0 aromatic carbocycles. The molecule has 76 valence electrons. The highest BCUT2D eigenvalue weighted by Gasteiger charge is 2.24. The number of amides is 2. The van der Waals surface area contributed by atoms with E-state index in [1.54, 1.807) is 6.92 Å². The van der Waals surface area contributed by atoms with E-state index in [0.717, 1.165) is 0 Å². The fourth-order valence-corrected chi connectivity index (χ4v) is 1.04. The molecule has 0 fully saturated rings. The lowest BCUT2D eigenvalue weighted by Gasteiger charge is -2.20. The predicted octanol–water partition coefficient (Wildman–Crippen LogP) is 0.630. The van der Waals surface area contributed by atoms with Crippen LogP contribution in [0.5, 0.6) is 0 Å². The van der Waals surface area contributed by atoms with Crippen molar-refractivity contribution < 1.29 is 14.7 Å². The summed E-state index contributed by atoms with van der Waals surface area (Å²) in [6.07, 6.45) is -0.492. The van der Waals surface area contributed by atoms with Gasteiger partial charge in [-0.05, 0) is 5.92 Å². The second-order valence-corrected chi connectivity index (χ2v) is 3.01. The molecule has 0 saturated carbocycles. The summed E-state index contributed by atoms with van der Waals surface area (Å²) in [4.78, 5) is 21.5. The maximum Gasteiger partial charge on any atom is 0.405 e. The number of hydrogen-bond donors (Lipinski definition) is 4. The molecule has 0 aromatic rings. The van der Waals surface area contributed by atoms with Gasteiger partial charge in [-0.25, -0.2) is 4.79 Å². The molecule has 0 aliphatic rings. The first kappa shape index (κ1) is 12.1. The lowest BCUT2D eigenvalue weighted by Crippen LogP contribution is -2.47. The van der Waals surface area contributed by atoms with Crippen LogP contribution in [-0.2, 0) is 4.79 Å². The highest BCUT2D eigenvalue weighted by Crippen LogP contribution is 2.07. The third kappa shape index (κ3) is 4.02. The molecule has 2 amide bonds. The molecule has 0 rings (SSSR count). The smallest absolute Gasteiger partial charge is 0.405 e. The van der Waals surface area contributed by atoms with Crippen LogP contribution >= 0.6 is 12.8 Å². The molecule has 0 saturated heterocycles. The maximum absolute atomic E-state index is 11.1. The molecule has 0 aliphatic heterocycles. The van der Waals surface area contributed by atoms with E-state index < -0.39 is 18.0 Å². The summed E-state index contributed by atoms with van der Waals surface area (Å²) >= 11 is 3.58. The summed E-state index contributed by atoms with van der Waals surface area (Å²) in [7, 11) is 0. The van der Waals surface area contributed by atoms with E-state index in [0.29, 0.717) is 6.42 Å². The molecule has 0 spiro atoms. The van der Waals surface area contributed by atoms with Crippen molar-refractivity contribution in [1.29, 1.82) is 0 Å². The Morgan fingerprint density at radius 3 is 2.38 bits per heavy atom. The van der Waals surface area contributed by atoms with Crippen LogP contribution in [0.15, 0.2) is 0 Å². The van der Waals surface area contributed by atoms with Gasteiger partial charge in [-0.3, -0.25) is 4.79 Å². The summed E-state index contributed by atoms with van der Waals surface area (Å²) < 4.78 is 2.12. The van der Waals surface area contributed by atoms with E-state index in [-0.39, 0.29) is 5.92 Å². The molecule has 0 bridgehead atoms. The lowest BCUT2D eigenvalue weighted by atomic mass is 9.99. The lowest BCUT2D eigenvalue weighted by molar-refractivity contribution is -0.122. The van der Waals surface area contributed by atoms with Gasteiger partial charge in [0.1, 0.15) is 6.04 Å². The zero-order chi connectivity index (χ0) is 10.4. The number of carboxylic acid groups (broad SMARTS) is 1. The van der Waals surface area contributed by atoms with Crippen LogP contribution in [0.3, 0.4) is 0 Å². The Morgan fingerprint density at radius 1 is 1.54 bits per heavy atom. The van der Waals surface area contributed by atoms with Crippen LogP contribution in [0.1, 0.15) is 20.3 Å². The van der Waals surface area contributed by atoms with Gasteiger partial charge in [-0.2, -0.15) is 0 Å². The number of hydrogen-bond acceptors (Lipinski definition) is 3. The van der Waals surface area contributed by atoms with Gasteiger partial charge >= 0.3 is 6.09 Å². The molecule has 2 atom stereocenters. The molecule has 13 heavy (non-hydrogen) atoms. The van der Waals surface area contributed by atoms with Gasteiger partial charge < -0.3 is 15.1 Å². The van der Waals surface area contributed by atoms with Crippen molar-refractivity contribution in [2.45, 2.75) is 26.3 Å². The Bertz CT molecular complexity index is 198. The normalized spacial score (nSPS) is 14.4. The topological polar surface area (TPSA) is 78.4 Å². The first-order valence-corrected chi connectivity index (χ1v) is 4.41. The van der Waals surface area contributed by atoms with Crippen LogP contribution in [0, 0.1) is 5.92 Å². The summed E-state index contributed by atoms with van der Waals surface area (Å²) in [6, 6.07) is -0.736. The Balaban J connectivity index is 4.35. The minimum atomic E-state index is -1.21. The summed E-state index contributed by atoms with van der Waals surface area (Å²) in [5.74, 6) is -0.483. The first-order chi connectivity index (χ1) is 6.02. The monoisotopic (exact) mass is 206 g/mol. The molecule has 0 aliphatic carbocycles. The zero-order valence-corrected chi connectivity index (χ0v) is 8.47. The van der Waals surface area contributed by atoms with Crippen molar-refractivity contribution in [3.63, 3.8) is 0 Å². The highest BCUT2D eigenvalue weighted by atomic mass is 32.1. The average Bonchev–Trinajstić information content (AvgIpc) is 2.11. The number of nitrogens with one attached hydrogen (secondary N) is 2. The van der Waals surface area contributed by atoms with Crippen LogP contribution < -0.4 is 10.0 Å². The van der Waals surface area contributed by atoms with Gasteiger partial charge in [0.25, 0.3) is 5.91 Å². The maximum atomic E-state index is 11.1. The Labute approximate surface area is 82.4 Å². The molecule has 5 nitrogen and oxygen atoms in total. The Morgan fingerprint density at radius 2 is 2.08 bits per heavy atom. The standard InChI is InChI=1S/C7H14N2O3S/c1-3-4(2)5(6(10)9-13)8-7(11)12/h4-5,8,13H,3H2,1-2H3,(H,9,10)(H,11,12)/t4-,5-/m0/s1. The third-order valence-electron chi connectivity index (χ3n) is 1.88. The van der Waals surface area contributed by atoms with Crippen LogP contribution in [-0.4, -0.2) is 23.1 Å². The predicted molar refractivity (Wildman–Crippen MR) is 51.5 cm³/mol. The van der Waals surface area contributed by atoms with Crippen LogP contribution in [0.25, 0.3) is 0 Å². The summed E-state index contributed by atoms with van der Waals surface area (Å²) in [5, 5.41) is 10.6. The fourth-order valence-electron chi connectivity index (χ4n) is 0.904. The molecule has 3 N–H and O–H groups in total. The van der Waals surface area contributed by atoms with E-state index in [9.17, 15) is 9.59 Å². The van der Waals surface area contributed by atoms with Gasteiger partial charge in [0.15, 0.2) is 0 Å². The third-order valence-corrected chi connectivity index (χ3v) is 2.11. The van der Waals surface area contributed by atoms with E-state index in [2.05, 4.69) is 22.9 Å². The second kappa shape index (κ2) is 5.69. The van der Waals surface area contributed by atoms with Gasteiger partial charge in [0.05, 0.1) is 0 Å². The molecule has 0 unspecified atom stereocenters. The molecule has 0 heterocycles. The number of carbonyl (C=O) groups excluding carboxylic acids is 1. The van der Waals surface area contributed by atoms with Crippen molar-refractivity contribution in [2.24, 2.45) is 5.92 Å².